The third kappa shape index (κ3) is 6.93. The molecule has 2 aromatic rings. The lowest BCUT2D eigenvalue weighted by atomic mass is 9.80. The Balaban J connectivity index is 0.00000306. The first-order valence-corrected chi connectivity index (χ1v) is 12.0. The number of aromatic nitrogens is 2. The summed E-state index contributed by atoms with van der Waals surface area (Å²) in [6, 6.07) is 8.73. The Kier molecular flexibility index (Phi) is 10.0. The van der Waals surface area contributed by atoms with E-state index < -0.39 is 0 Å². The molecule has 33 heavy (non-hydrogen) atoms. The molecular weight excluding hydrogens is 527 g/mol. The van der Waals surface area contributed by atoms with E-state index >= 15 is 0 Å². The van der Waals surface area contributed by atoms with E-state index in [4.69, 9.17) is 4.74 Å². The normalized spacial score (nSPS) is 19.0. The molecule has 1 aromatic carbocycles. The molecule has 1 aliphatic carbocycles. The second-order valence-electron chi connectivity index (χ2n) is 9.09. The summed E-state index contributed by atoms with van der Waals surface area (Å²) in [5.74, 6) is 1.91. The maximum atomic E-state index is 5.62. The molecular formula is C25H39IN6O. The number of nitrogens with one attached hydrogen (secondary N) is 2. The number of benzene rings is 1. The van der Waals surface area contributed by atoms with Crippen LogP contribution in [0.25, 0.3) is 0 Å². The van der Waals surface area contributed by atoms with Crippen LogP contribution in [0, 0.1) is 6.92 Å². The van der Waals surface area contributed by atoms with Gasteiger partial charge >= 0.3 is 0 Å². The monoisotopic (exact) mass is 566 g/mol. The third-order valence-electron chi connectivity index (χ3n) is 7.00. The van der Waals surface area contributed by atoms with Crippen LogP contribution in [0.2, 0.25) is 0 Å². The van der Waals surface area contributed by atoms with Gasteiger partial charge in [0.1, 0.15) is 5.82 Å². The van der Waals surface area contributed by atoms with Crippen LogP contribution < -0.4 is 10.6 Å². The highest BCUT2D eigenvalue weighted by atomic mass is 127. The average molecular weight is 567 g/mol. The highest BCUT2D eigenvalue weighted by molar-refractivity contribution is 14.0. The minimum absolute atomic E-state index is 0. The number of aliphatic imine (C=N–C) groups is 1. The van der Waals surface area contributed by atoms with Crippen LogP contribution in [0.15, 0.2) is 41.7 Å². The molecule has 182 valence electrons. The average Bonchev–Trinajstić information content (AvgIpc) is 3.25. The zero-order valence-electron chi connectivity index (χ0n) is 20.1. The van der Waals surface area contributed by atoms with Crippen molar-refractivity contribution in [1.29, 1.82) is 0 Å². The summed E-state index contributed by atoms with van der Waals surface area (Å²) in [6.45, 7) is 8.35. The number of ether oxygens (including phenoxy) is 1. The molecule has 0 unspecified atom stereocenters. The lowest BCUT2D eigenvalue weighted by Gasteiger charge is -2.48. The van der Waals surface area contributed by atoms with Crippen molar-refractivity contribution >= 4 is 29.9 Å². The summed E-state index contributed by atoms with van der Waals surface area (Å²) in [7, 11) is 1.86. The molecule has 2 aliphatic rings. The van der Waals surface area contributed by atoms with E-state index in [-0.39, 0.29) is 29.5 Å². The first-order chi connectivity index (χ1) is 15.7. The van der Waals surface area contributed by atoms with Crippen LogP contribution in [-0.2, 0) is 17.8 Å². The minimum Gasteiger partial charge on any atom is -0.379 e. The number of imidazole rings is 1. The fraction of sp³-hybridized carbons (Fsp3) is 0.600. The Morgan fingerprint density at radius 1 is 1.12 bits per heavy atom. The molecule has 1 aromatic heterocycles. The van der Waals surface area contributed by atoms with E-state index in [2.05, 4.69) is 54.3 Å². The zero-order chi connectivity index (χ0) is 22.2. The predicted molar refractivity (Wildman–Crippen MR) is 144 cm³/mol. The molecule has 2 fully saturated rings. The molecule has 1 saturated carbocycles. The molecule has 8 heteroatoms. The maximum Gasteiger partial charge on any atom is 0.191 e. The van der Waals surface area contributed by atoms with Crippen molar-refractivity contribution in [3.05, 3.63) is 53.6 Å². The summed E-state index contributed by atoms with van der Waals surface area (Å²) < 4.78 is 7.78. The van der Waals surface area contributed by atoms with Gasteiger partial charge in [-0.3, -0.25) is 9.89 Å². The fourth-order valence-corrected chi connectivity index (χ4v) is 5.11. The van der Waals surface area contributed by atoms with Crippen LogP contribution in [0.5, 0.6) is 0 Å². The topological polar surface area (TPSA) is 66.7 Å². The Morgan fingerprint density at radius 3 is 2.58 bits per heavy atom. The van der Waals surface area contributed by atoms with Gasteiger partial charge in [0.2, 0.25) is 0 Å². The van der Waals surface area contributed by atoms with Crippen molar-refractivity contribution in [2.75, 3.05) is 39.9 Å². The molecule has 2 N–H and O–H groups in total. The Morgan fingerprint density at radius 2 is 1.88 bits per heavy atom. The maximum absolute atomic E-state index is 5.62. The quantitative estimate of drug-likeness (QED) is 0.305. The predicted octanol–water partition coefficient (Wildman–Crippen LogP) is 3.56. The van der Waals surface area contributed by atoms with Gasteiger partial charge in [0.15, 0.2) is 5.96 Å². The first-order valence-electron chi connectivity index (χ1n) is 12.0. The number of nitrogens with zero attached hydrogens (tertiary/aromatic N) is 4. The van der Waals surface area contributed by atoms with Crippen molar-refractivity contribution in [3.63, 3.8) is 0 Å². The third-order valence-corrected chi connectivity index (χ3v) is 7.00. The second-order valence-corrected chi connectivity index (χ2v) is 9.09. The molecule has 0 radical (unpaired) electrons. The van der Waals surface area contributed by atoms with E-state index in [1.807, 2.05) is 26.4 Å². The lowest BCUT2D eigenvalue weighted by Crippen LogP contribution is -2.60. The summed E-state index contributed by atoms with van der Waals surface area (Å²) in [5.41, 5.74) is 2.76. The number of rotatable bonds is 7. The van der Waals surface area contributed by atoms with Crippen LogP contribution >= 0.6 is 24.0 Å². The number of hydrogen-bond donors (Lipinski definition) is 2. The van der Waals surface area contributed by atoms with E-state index in [1.165, 1.54) is 43.2 Å². The number of hydrogen-bond acceptors (Lipinski definition) is 4. The fourth-order valence-electron chi connectivity index (χ4n) is 5.11. The van der Waals surface area contributed by atoms with Crippen molar-refractivity contribution in [2.24, 2.45) is 4.99 Å². The summed E-state index contributed by atoms with van der Waals surface area (Å²) >= 11 is 0. The van der Waals surface area contributed by atoms with Gasteiger partial charge < -0.3 is 19.9 Å². The van der Waals surface area contributed by atoms with Crippen molar-refractivity contribution in [1.82, 2.24) is 25.1 Å². The standard InChI is InChI=1S/C25H38N6O.HI/c1-21-27-11-12-30(21)19-23-8-6-7-22(17-23)18-28-24(26-2)29-20-25(9-4-3-5-10-25)31-13-15-32-16-14-31;/h6-8,11-12,17H,3-5,9-10,13-16,18-20H2,1-2H3,(H2,26,28,29);1H. The Labute approximate surface area is 215 Å². The van der Waals surface area contributed by atoms with Crippen molar-refractivity contribution < 1.29 is 4.74 Å². The molecule has 4 rings (SSSR count). The Bertz CT molecular complexity index is 887. The molecule has 0 bridgehead atoms. The highest BCUT2D eigenvalue weighted by Crippen LogP contribution is 2.33. The van der Waals surface area contributed by atoms with Gasteiger partial charge in [-0.05, 0) is 30.9 Å². The van der Waals surface area contributed by atoms with Crippen LogP contribution in [0.4, 0.5) is 0 Å². The molecule has 1 aliphatic heterocycles. The van der Waals surface area contributed by atoms with Gasteiger partial charge in [-0.25, -0.2) is 4.98 Å². The molecule has 0 amide bonds. The molecule has 1 saturated heterocycles. The van der Waals surface area contributed by atoms with Gasteiger partial charge in [0.25, 0.3) is 0 Å². The van der Waals surface area contributed by atoms with E-state index in [1.54, 1.807) is 0 Å². The number of aryl methyl sites for hydroxylation is 1. The summed E-state index contributed by atoms with van der Waals surface area (Å²) in [4.78, 5) is 11.5. The molecule has 0 atom stereocenters. The number of halogens is 1. The van der Waals surface area contributed by atoms with Crippen LogP contribution in [0.3, 0.4) is 0 Å². The number of morpholine rings is 1. The lowest BCUT2D eigenvalue weighted by molar-refractivity contribution is -0.0352. The smallest absolute Gasteiger partial charge is 0.191 e. The van der Waals surface area contributed by atoms with E-state index in [0.29, 0.717) is 0 Å². The van der Waals surface area contributed by atoms with Crippen molar-refractivity contribution in [3.8, 4) is 0 Å². The van der Waals surface area contributed by atoms with Gasteiger partial charge in [0, 0.05) is 57.7 Å². The summed E-state index contributed by atoms with van der Waals surface area (Å²) in [6.07, 6.45) is 10.4. The van der Waals surface area contributed by atoms with Crippen molar-refractivity contribution in [2.45, 2.75) is 57.7 Å². The van der Waals surface area contributed by atoms with Gasteiger partial charge in [0.05, 0.1) is 13.2 Å². The zero-order valence-corrected chi connectivity index (χ0v) is 22.4. The molecule has 0 spiro atoms. The SMILES string of the molecule is CN=C(NCc1cccc(Cn2ccnc2C)c1)NCC1(N2CCOCC2)CCCCC1.I. The largest absolute Gasteiger partial charge is 0.379 e. The van der Waals surface area contributed by atoms with Gasteiger partial charge in [-0.2, -0.15) is 0 Å². The van der Waals surface area contributed by atoms with Crippen LogP contribution in [-0.4, -0.2) is 65.8 Å². The van der Waals surface area contributed by atoms with E-state index in [9.17, 15) is 0 Å². The van der Waals surface area contributed by atoms with Gasteiger partial charge in [-0.15, -0.1) is 24.0 Å². The highest BCUT2D eigenvalue weighted by Gasteiger charge is 2.38. The van der Waals surface area contributed by atoms with Gasteiger partial charge in [-0.1, -0.05) is 43.5 Å². The minimum atomic E-state index is 0. The Hall–Kier alpha value is -1.65. The first kappa shape index (κ1) is 26.0. The van der Waals surface area contributed by atoms with Crippen LogP contribution in [0.1, 0.15) is 49.1 Å². The van der Waals surface area contributed by atoms with E-state index in [0.717, 1.165) is 57.7 Å². The second kappa shape index (κ2) is 12.7. The molecule has 2 heterocycles. The number of guanidine groups is 1. The summed E-state index contributed by atoms with van der Waals surface area (Å²) in [5, 5.41) is 7.17. The molecule has 7 nitrogen and oxygen atoms in total.